The van der Waals surface area contributed by atoms with Crippen LogP contribution in [0.1, 0.15) is 52.4 Å². The quantitative estimate of drug-likeness (QED) is 0.218. The third-order valence-corrected chi connectivity index (χ3v) is 3.39. The van der Waals surface area contributed by atoms with Gasteiger partial charge in [-0.3, -0.25) is 4.79 Å². The predicted molar refractivity (Wildman–Crippen MR) is 90.7 cm³/mol. The van der Waals surface area contributed by atoms with E-state index in [0.29, 0.717) is 0 Å². The first kappa shape index (κ1) is 25.5. The van der Waals surface area contributed by atoms with E-state index < -0.39 is 37.0 Å². The van der Waals surface area contributed by atoms with Gasteiger partial charge in [0.25, 0.3) is 5.97 Å². The summed E-state index contributed by atoms with van der Waals surface area (Å²) in [6.45, 7) is 3.49. The summed E-state index contributed by atoms with van der Waals surface area (Å²) in [5.41, 5.74) is 0. The zero-order chi connectivity index (χ0) is 19.0. The minimum absolute atomic E-state index is 0.144. The van der Waals surface area contributed by atoms with Gasteiger partial charge in [-0.15, -0.1) is 0 Å². The van der Waals surface area contributed by atoms with Crippen LogP contribution in [0.15, 0.2) is 0 Å². The second-order valence-corrected chi connectivity index (χ2v) is 5.79. The van der Waals surface area contributed by atoms with Gasteiger partial charge in [0.05, 0.1) is 12.7 Å². The second-order valence-electron chi connectivity index (χ2n) is 5.79. The molecule has 0 unspecified atom stereocenters. The van der Waals surface area contributed by atoms with Crippen LogP contribution in [-0.4, -0.2) is 80.7 Å². The Bertz CT molecular complexity index is 288. The van der Waals surface area contributed by atoms with E-state index in [0.717, 1.165) is 26.3 Å². The molecule has 0 fully saturated rings. The molecule has 0 aliphatic heterocycles. The molecule has 0 aromatic heterocycles. The van der Waals surface area contributed by atoms with Crippen LogP contribution >= 0.6 is 0 Å². The molecule has 0 aromatic rings. The van der Waals surface area contributed by atoms with Gasteiger partial charge in [0, 0.05) is 13.5 Å². The Morgan fingerprint density at radius 2 is 1.38 bits per heavy atom. The van der Waals surface area contributed by atoms with E-state index in [1.165, 1.54) is 25.7 Å². The second kappa shape index (κ2) is 17.1. The van der Waals surface area contributed by atoms with Crippen LogP contribution < -0.4 is 5.32 Å². The Labute approximate surface area is 144 Å². The number of rotatable bonds is 13. The summed E-state index contributed by atoms with van der Waals surface area (Å²) in [5, 5.41) is 56.9. The average molecular weight is 353 g/mol. The number of hydrogen-bond donors (Lipinski definition) is 7. The maximum absolute atomic E-state index is 9.64. The average Bonchev–Trinajstić information content (AvgIpc) is 2.54. The monoisotopic (exact) mass is 353 g/mol. The maximum Gasteiger partial charge on any atom is 0.300 e. The van der Waals surface area contributed by atoms with E-state index in [2.05, 4.69) is 12.2 Å². The highest BCUT2D eigenvalue weighted by Crippen LogP contribution is 2.06. The van der Waals surface area contributed by atoms with Gasteiger partial charge >= 0.3 is 0 Å². The molecule has 0 aliphatic rings. The third kappa shape index (κ3) is 16.1. The highest BCUT2D eigenvalue weighted by molar-refractivity contribution is 5.62. The van der Waals surface area contributed by atoms with Crippen molar-refractivity contribution in [3.8, 4) is 0 Å². The third-order valence-electron chi connectivity index (χ3n) is 3.39. The van der Waals surface area contributed by atoms with Crippen LogP contribution in [0.3, 0.4) is 0 Å². The standard InChI is InChI=1S/C14H31NO5.C2H4O2/c1-2-3-4-5-6-7-8-15-9-11(17)13(19)14(20)12(18)10-16;1-2(3)4/h11-20H,2-10H2,1H3;1H3,(H,3,4)/t11-,12+,13+,14+;/m0./s1. The van der Waals surface area contributed by atoms with Crippen molar-refractivity contribution in [2.45, 2.75) is 76.8 Å². The Hall–Kier alpha value is -0.770. The van der Waals surface area contributed by atoms with Crippen molar-refractivity contribution < 1.29 is 35.4 Å². The Morgan fingerprint density at radius 3 is 1.88 bits per heavy atom. The van der Waals surface area contributed by atoms with Gasteiger partial charge in [-0.25, -0.2) is 0 Å². The number of aliphatic carboxylic acids is 1. The molecule has 0 spiro atoms. The number of aliphatic hydroxyl groups is 5. The van der Waals surface area contributed by atoms with Gasteiger partial charge in [0.2, 0.25) is 0 Å². The van der Waals surface area contributed by atoms with Gasteiger partial charge in [-0.2, -0.15) is 0 Å². The van der Waals surface area contributed by atoms with E-state index in [4.69, 9.17) is 20.1 Å². The lowest BCUT2D eigenvalue weighted by Gasteiger charge is -2.25. The van der Waals surface area contributed by atoms with Crippen molar-refractivity contribution in [1.29, 1.82) is 0 Å². The van der Waals surface area contributed by atoms with Gasteiger partial charge in [-0.05, 0) is 13.0 Å². The summed E-state index contributed by atoms with van der Waals surface area (Å²) in [6.07, 6.45) is 1.45. The molecule has 24 heavy (non-hydrogen) atoms. The number of hydrogen-bond acceptors (Lipinski definition) is 7. The van der Waals surface area contributed by atoms with E-state index in [1.807, 2.05) is 0 Å². The van der Waals surface area contributed by atoms with Crippen LogP contribution in [0.5, 0.6) is 0 Å². The highest BCUT2D eigenvalue weighted by atomic mass is 16.4. The first-order chi connectivity index (χ1) is 11.3. The smallest absolute Gasteiger partial charge is 0.300 e. The van der Waals surface area contributed by atoms with E-state index in [9.17, 15) is 15.3 Å². The molecule has 0 saturated heterocycles. The van der Waals surface area contributed by atoms with Gasteiger partial charge in [0.15, 0.2) is 0 Å². The molecule has 0 saturated carbocycles. The molecule has 0 aliphatic carbocycles. The van der Waals surface area contributed by atoms with E-state index >= 15 is 0 Å². The Balaban J connectivity index is 0. The number of aliphatic hydroxyl groups excluding tert-OH is 5. The lowest BCUT2D eigenvalue weighted by atomic mass is 10.0. The molecule has 146 valence electrons. The summed E-state index contributed by atoms with van der Waals surface area (Å²) in [7, 11) is 0. The van der Waals surface area contributed by atoms with Gasteiger partial charge < -0.3 is 36.0 Å². The highest BCUT2D eigenvalue weighted by Gasteiger charge is 2.29. The lowest BCUT2D eigenvalue weighted by Crippen LogP contribution is -2.49. The van der Waals surface area contributed by atoms with Crippen molar-refractivity contribution >= 4 is 5.97 Å². The molecule has 0 aromatic carbocycles. The van der Waals surface area contributed by atoms with Crippen molar-refractivity contribution in [3.63, 3.8) is 0 Å². The molecular formula is C16H35NO7. The number of unbranched alkanes of at least 4 members (excludes halogenated alkanes) is 5. The molecule has 0 bridgehead atoms. The molecule has 8 heteroatoms. The fraction of sp³-hybridized carbons (Fsp3) is 0.938. The molecular weight excluding hydrogens is 318 g/mol. The predicted octanol–water partition coefficient (Wildman–Crippen LogP) is -0.537. The first-order valence-electron chi connectivity index (χ1n) is 8.51. The van der Waals surface area contributed by atoms with Crippen LogP contribution in [0.2, 0.25) is 0 Å². The lowest BCUT2D eigenvalue weighted by molar-refractivity contribution is -0.134. The number of carboxylic acid groups (broad SMARTS) is 1. The molecule has 0 radical (unpaired) electrons. The molecule has 0 amide bonds. The van der Waals surface area contributed by atoms with Gasteiger partial charge in [-0.1, -0.05) is 39.0 Å². The van der Waals surface area contributed by atoms with Crippen molar-refractivity contribution in [3.05, 3.63) is 0 Å². The van der Waals surface area contributed by atoms with Gasteiger partial charge in [0.1, 0.15) is 18.3 Å². The topological polar surface area (TPSA) is 150 Å². The van der Waals surface area contributed by atoms with Crippen LogP contribution in [-0.2, 0) is 4.79 Å². The van der Waals surface area contributed by atoms with Crippen molar-refractivity contribution in [1.82, 2.24) is 5.32 Å². The molecule has 7 N–H and O–H groups in total. The SMILES string of the molecule is CC(=O)O.CCCCCCCCNC[C@H](O)[C@@H](O)[C@H](O)[C@H](O)CO. The van der Waals surface area contributed by atoms with Crippen LogP contribution in [0, 0.1) is 0 Å². The summed E-state index contributed by atoms with van der Waals surface area (Å²) in [4.78, 5) is 9.00. The maximum atomic E-state index is 9.64. The minimum atomic E-state index is -1.55. The molecule has 0 rings (SSSR count). The summed E-state index contributed by atoms with van der Waals surface area (Å²) >= 11 is 0. The number of carboxylic acids is 1. The number of carbonyl (C=O) groups is 1. The number of nitrogens with one attached hydrogen (secondary N) is 1. The zero-order valence-corrected chi connectivity index (χ0v) is 14.8. The fourth-order valence-corrected chi connectivity index (χ4v) is 1.96. The molecule has 0 heterocycles. The van der Waals surface area contributed by atoms with Crippen LogP contribution in [0.4, 0.5) is 0 Å². The normalized spacial score (nSPS) is 15.8. The molecule has 4 atom stereocenters. The van der Waals surface area contributed by atoms with E-state index in [-0.39, 0.29) is 6.54 Å². The van der Waals surface area contributed by atoms with E-state index in [1.54, 1.807) is 0 Å². The zero-order valence-electron chi connectivity index (χ0n) is 14.8. The fourth-order valence-electron chi connectivity index (χ4n) is 1.96. The minimum Gasteiger partial charge on any atom is -0.481 e. The first-order valence-corrected chi connectivity index (χ1v) is 8.51. The van der Waals surface area contributed by atoms with Crippen LogP contribution in [0.25, 0.3) is 0 Å². The largest absolute Gasteiger partial charge is 0.481 e. The summed E-state index contributed by atoms with van der Waals surface area (Å²) < 4.78 is 0. The van der Waals surface area contributed by atoms with Crippen molar-refractivity contribution in [2.24, 2.45) is 0 Å². The Kier molecular flexibility index (Phi) is 18.1. The Morgan fingerprint density at radius 1 is 0.917 bits per heavy atom. The van der Waals surface area contributed by atoms with Crippen molar-refractivity contribution in [2.75, 3.05) is 19.7 Å². The molecule has 8 nitrogen and oxygen atoms in total. The summed E-state index contributed by atoms with van der Waals surface area (Å²) in [5.74, 6) is -0.833. The summed E-state index contributed by atoms with van der Waals surface area (Å²) in [6, 6.07) is 0.